The largest absolute Gasteiger partial charge is 0.790 e. The van der Waals surface area contributed by atoms with Gasteiger partial charge in [0.25, 0.3) is 0 Å². The monoisotopic (exact) mass is 181 g/mol. The van der Waals surface area contributed by atoms with Gasteiger partial charge in [-0.2, -0.15) is 0 Å². The fraction of sp³-hybridized carbons (Fsp3) is 1.00. The third-order valence-corrected chi connectivity index (χ3v) is 1.72. The van der Waals surface area contributed by atoms with Crippen molar-refractivity contribution in [1.82, 2.24) is 4.90 Å². The van der Waals surface area contributed by atoms with Crippen molar-refractivity contribution in [2.24, 2.45) is 0 Å². The molecule has 0 aliphatic carbocycles. The SMILES string of the molecule is CCN(CC)COP(=O)([O-])[O-]. The van der Waals surface area contributed by atoms with Crippen molar-refractivity contribution in [3.63, 3.8) is 0 Å². The van der Waals surface area contributed by atoms with Crippen molar-refractivity contribution < 1.29 is 18.9 Å². The minimum absolute atomic E-state index is 0.142. The summed E-state index contributed by atoms with van der Waals surface area (Å²) < 4.78 is 14.0. The normalized spacial score (nSPS) is 12.5. The van der Waals surface area contributed by atoms with E-state index in [9.17, 15) is 14.4 Å². The lowest BCUT2D eigenvalue weighted by Gasteiger charge is -2.31. The molecule has 68 valence electrons. The summed E-state index contributed by atoms with van der Waals surface area (Å²) in [5.41, 5.74) is 0. The van der Waals surface area contributed by atoms with Crippen molar-refractivity contribution in [2.45, 2.75) is 13.8 Å². The van der Waals surface area contributed by atoms with Gasteiger partial charge in [0, 0.05) is 0 Å². The molecule has 0 spiro atoms. The van der Waals surface area contributed by atoms with E-state index in [1.54, 1.807) is 4.90 Å². The van der Waals surface area contributed by atoms with Gasteiger partial charge in [0.2, 0.25) is 0 Å². The fourth-order valence-electron chi connectivity index (χ4n) is 0.559. The maximum Gasteiger partial charge on any atom is 0.104 e. The van der Waals surface area contributed by atoms with Crippen LogP contribution in [0.1, 0.15) is 13.8 Å². The summed E-state index contributed by atoms with van der Waals surface area (Å²) in [6.07, 6.45) is 0. The highest BCUT2D eigenvalue weighted by Crippen LogP contribution is 2.24. The first kappa shape index (κ1) is 11.1. The van der Waals surface area contributed by atoms with Gasteiger partial charge in [-0.3, -0.25) is 4.90 Å². The lowest BCUT2D eigenvalue weighted by atomic mass is 10.6. The molecule has 11 heavy (non-hydrogen) atoms. The summed E-state index contributed by atoms with van der Waals surface area (Å²) >= 11 is 0. The number of hydrogen-bond acceptors (Lipinski definition) is 5. The van der Waals surface area contributed by atoms with Gasteiger partial charge in [-0.1, -0.05) is 13.8 Å². The molecule has 0 aromatic carbocycles. The Bertz CT molecular complexity index is 141. The Kier molecular flexibility index (Phi) is 4.88. The zero-order valence-corrected chi connectivity index (χ0v) is 7.54. The Labute approximate surface area is 66.2 Å². The van der Waals surface area contributed by atoms with Crippen molar-refractivity contribution >= 4 is 7.82 Å². The van der Waals surface area contributed by atoms with Crippen LogP contribution in [0, 0.1) is 0 Å². The first-order valence-electron chi connectivity index (χ1n) is 3.38. The van der Waals surface area contributed by atoms with Gasteiger partial charge >= 0.3 is 0 Å². The molecular formula is C5H12NO4P-2. The molecule has 0 radical (unpaired) electrons. The number of rotatable bonds is 5. The summed E-state index contributed by atoms with van der Waals surface area (Å²) in [4.78, 5) is 21.7. The van der Waals surface area contributed by atoms with Gasteiger partial charge in [0.15, 0.2) is 0 Å². The van der Waals surface area contributed by atoms with Crippen LogP contribution in [-0.2, 0) is 9.09 Å². The Hall–Kier alpha value is 0.0700. The molecule has 0 aromatic rings. The molecule has 0 saturated carbocycles. The summed E-state index contributed by atoms with van der Waals surface area (Å²) in [7, 11) is -4.79. The molecule has 0 fully saturated rings. The van der Waals surface area contributed by atoms with Crippen LogP contribution in [0.3, 0.4) is 0 Å². The predicted octanol–water partition coefficient (Wildman–Crippen LogP) is -0.869. The average molecular weight is 181 g/mol. The van der Waals surface area contributed by atoms with Crippen molar-refractivity contribution in [1.29, 1.82) is 0 Å². The predicted molar refractivity (Wildman–Crippen MR) is 36.5 cm³/mol. The van der Waals surface area contributed by atoms with E-state index in [0.29, 0.717) is 13.1 Å². The molecule has 0 rings (SSSR count). The molecule has 5 nitrogen and oxygen atoms in total. The first-order valence-corrected chi connectivity index (χ1v) is 4.84. The zero-order valence-electron chi connectivity index (χ0n) is 6.65. The van der Waals surface area contributed by atoms with Gasteiger partial charge in [-0.15, -0.1) is 0 Å². The number of phosphoric acid groups is 1. The van der Waals surface area contributed by atoms with Crippen LogP contribution in [0.4, 0.5) is 0 Å². The van der Waals surface area contributed by atoms with E-state index in [1.807, 2.05) is 13.8 Å². The molecule has 0 N–H and O–H groups in total. The maximum absolute atomic E-state index is 9.99. The highest BCUT2D eigenvalue weighted by molar-refractivity contribution is 7.43. The van der Waals surface area contributed by atoms with Crippen molar-refractivity contribution in [3.05, 3.63) is 0 Å². The van der Waals surface area contributed by atoms with Crippen LogP contribution in [-0.4, -0.2) is 24.7 Å². The number of nitrogens with zero attached hydrogens (tertiary/aromatic N) is 1. The molecule has 0 bridgehead atoms. The minimum Gasteiger partial charge on any atom is -0.790 e. The van der Waals surface area contributed by atoms with Gasteiger partial charge in [0.05, 0.1) is 7.82 Å². The topological polar surface area (TPSA) is 75.7 Å². The van der Waals surface area contributed by atoms with Crippen molar-refractivity contribution in [3.8, 4) is 0 Å². The van der Waals surface area contributed by atoms with Crippen LogP contribution in [0.15, 0.2) is 0 Å². The van der Waals surface area contributed by atoms with Crippen LogP contribution in [0.25, 0.3) is 0 Å². The standard InChI is InChI=1S/C5H14NO4P/c1-3-6(4-2)5-10-11(7,8)9/h3-5H2,1-2H3,(H2,7,8,9)/p-2. The van der Waals surface area contributed by atoms with Crippen LogP contribution in [0.2, 0.25) is 0 Å². The van der Waals surface area contributed by atoms with E-state index < -0.39 is 7.82 Å². The lowest BCUT2D eigenvalue weighted by molar-refractivity contribution is -0.343. The molecule has 0 aromatic heterocycles. The Morgan fingerprint density at radius 1 is 1.36 bits per heavy atom. The molecule has 0 heterocycles. The average Bonchev–Trinajstić information content (AvgIpc) is 1.88. The Balaban J connectivity index is 3.59. The minimum atomic E-state index is -4.79. The van der Waals surface area contributed by atoms with E-state index in [0.717, 1.165) is 0 Å². The van der Waals surface area contributed by atoms with Gasteiger partial charge in [0.1, 0.15) is 6.73 Å². The molecule has 6 heteroatoms. The first-order chi connectivity index (χ1) is 4.99. The maximum atomic E-state index is 9.99. The van der Waals surface area contributed by atoms with Crippen molar-refractivity contribution in [2.75, 3.05) is 19.8 Å². The highest BCUT2D eigenvalue weighted by atomic mass is 31.2. The van der Waals surface area contributed by atoms with E-state index in [1.165, 1.54) is 0 Å². The third-order valence-electron chi connectivity index (χ3n) is 1.29. The summed E-state index contributed by atoms with van der Waals surface area (Å²) in [6.45, 7) is 4.89. The van der Waals surface area contributed by atoms with E-state index >= 15 is 0 Å². The van der Waals surface area contributed by atoms with E-state index in [-0.39, 0.29) is 6.73 Å². The van der Waals surface area contributed by atoms with Crippen LogP contribution < -0.4 is 9.79 Å². The molecular weight excluding hydrogens is 169 g/mol. The lowest BCUT2D eigenvalue weighted by Crippen LogP contribution is -2.28. The van der Waals surface area contributed by atoms with Crippen LogP contribution >= 0.6 is 7.82 Å². The Morgan fingerprint density at radius 2 is 1.82 bits per heavy atom. The van der Waals surface area contributed by atoms with Gasteiger partial charge in [-0.05, 0) is 13.1 Å². The molecule has 0 amide bonds. The smallest absolute Gasteiger partial charge is 0.104 e. The second-order valence-corrected chi connectivity index (χ2v) is 3.16. The summed E-state index contributed by atoms with van der Waals surface area (Å²) in [6, 6.07) is 0. The molecule has 0 aliphatic rings. The third kappa shape index (κ3) is 6.47. The quantitative estimate of drug-likeness (QED) is 0.407. The molecule has 0 unspecified atom stereocenters. The zero-order chi connectivity index (χ0) is 8.91. The van der Waals surface area contributed by atoms with E-state index in [4.69, 9.17) is 0 Å². The fourth-order valence-corrected chi connectivity index (χ4v) is 0.863. The van der Waals surface area contributed by atoms with Crippen LogP contribution in [0.5, 0.6) is 0 Å². The Morgan fingerprint density at radius 3 is 2.09 bits per heavy atom. The second kappa shape index (κ2) is 4.85. The number of hydrogen-bond donors (Lipinski definition) is 0. The molecule has 0 atom stereocenters. The van der Waals surface area contributed by atoms with Gasteiger partial charge < -0.3 is 18.9 Å². The molecule has 0 aliphatic heterocycles. The highest BCUT2D eigenvalue weighted by Gasteiger charge is 1.98. The van der Waals surface area contributed by atoms with E-state index in [2.05, 4.69) is 4.52 Å². The number of phosphoric ester groups is 1. The second-order valence-electron chi connectivity index (χ2n) is 2.01. The van der Waals surface area contributed by atoms with Gasteiger partial charge in [-0.25, -0.2) is 0 Å². The molecule has 0 saturated heterocycles. The summed E-state index contributed by atoms with van der Waals surface area (Å²) in [5.74, 6) is 0. The summed E-state index contributed by atoms with van der Waals surface area (Å²) in [5, 5.41) is 0.